The second kappa shape index (κ2) is 9.08. The van der Waals surface area contributed by atoms with Gasteiger partial charge in [-0.25, -0.2) is 4.79 Å². The van der Waals surface area contributed by atoms with E-state index in [0.717, 1.165) is 16.6 Å². The van der Waals surface area contributed by atoms with Crippen LogP contribution in [0.25, 0.3) is 28.0 Å². The SMILES string of the molecule is CC(C)c1cc(-c2nnc(SCc3cc(=O)[nH]c(=O)[nH]3)n2-c2ccc3c(ccn3C)c2)c(O)cc1O. The molecule has 0 aliphatic heterocycles. The van der Waals surface area contributed by atoms with E-state index in [-0.39, 0.29) is 23.2 Å². The van der Waals surface area contributed by atoms with Gasteiger partial charge in [-0.3, -0.25) is 14.3 Å². The molecule has 3 heterocycles. The summed E-state index contributed by atoms with van der Waals surface area (Å²) in [5.74, 6) is 0.566. The molecule has 4 N–H and O–H groups in total. The van der Waals surface area contributed by atoms with Crippen LogP contribution in [0.2, 0.25) is 0 Å². The van der Waals surface area contributed by atoms with Gasteiger partial charge in [0, 0.05) is 47.7 Å². The summed E-state index contributed by atoms with van der Waals surface area (Å²) in [5.41, 5.74) is 2.30. The zero-order chi connectivity index (χ0) is 25.6. The largest absolute Gasteiger partial charge is 0.508 e. The maximum atomic E-state index is 11.7. The summed E-state index contributed by atoms with van der Waals surface area (Å²) in [7, 11) is 1.97. The minimum Gasteiger partial charge on any atom is -0.508 e. The molecule has 184 valence electrons. The molecule has 0 saturated heterocycles. The smallest absolute Gasteiger partial charge is 0.325 e. The van der Waals surface area contributed by atoms with E-state index in [0.29, 0.717) is 27.8 Å². The van der Waals surface area contributed by atoms with Crippen LogP contribution in [0.1, 0.15) is 31.0 Å². The van der Waals surface area contributed by atoms with E-state index in [1.54, 1.807) is 6.07 Å². The first kappa shape index (κ1) is 23.5. The van der Waals surface area contributed by atoms with Crippen LogP contribution in [0, 0.1) is 0 Å². The van der Waals surface area contributed by atoms with Crippen LogP contribution >= 0.6 is 11.8 Å². The number of benzene rings is 2. The molecule has 0 bridgehead atoms. The Morgan fingerprint density at radius 3 is 2.56 bits per heavy atom. The lowest BCUT2D eigenvalue weighted by molar-refractivity contribution is 0.444. The van der Waals surface area contributed by atoms with Crippen molar-refractivity contribution in [3.8, 4) is 28.6 Å². The van der Waals surface area contributed by atoms with E-state index in [4.69, 9.17) is 0 Å². The van der Waals surface area contributed by atoms with Crippen molar-refractivity contribution >= 4 is 22.7 Å². The van der Waals surface area contributed by atoms with Crippen LogP contribution in [0.5, 0.6) is 11.5 Å². The van der Waals surface area contributed by atoms with E-state index in [9.17, 15) is 19.8 Å². The minimum atomic E-state index is -0.579. The molecule has 2 aromatic carbocycles. The maximum Gasteiger partial charge on any atom is 0.325 e. The molecule has 0 saturated carbocycles. The topological polar surface area (TPSA) is 142 Å². The van der Waals surface area contributed by atoms with Gasteiger partial charge in [0.05, 0.1) is 11.3 Å². The molecule has 0 atom stereocenters. The molecule has 0 aliphatic carbocycles. The van der Waals surface area contributed by atoms with Gasteiger partial charge < -0.3 is 19.8 Å². The molecular formula is C25H24N6O4S. The Kier molecular flexibility index (Phi) is 5.92. The highest BCUT2D eigenvalue weighted by molar-refractivity contribution is 7.98. The molecule has 36 heavy (non-hydrogen) atoms. The molecule has 0 amide bonds. The monoisotopic (exact) mass is 504 g/mol. The number of H-pyrrole nitrogens is 2. The first-order valence-electron chi connectivity index (χ1n) is 11.2. The van der Waals surface area contributed by atoms with Crippen molar-refractivity contribution in [3.63, 3.8) is 0 Å². The highest BCUT2D eigenvalue weighted by atomic mass is 32.2. The van der Waals surface area contributed by atoms with Gasteiger partial charge in [-0.15, -0.1) is 10.2 Å². The van der Waals surface area contributed by atoms with Gasteiger partial charge in [0.15, 0.2) is 11.0 Å². The van der Waals surface area contributed by atoms with Crippen molar-refractivity contribution in [1.82, 2.24) is 29.3 Å². The highest BCUT2D eigenvalue weighted by Crippen LogP contribution is 2.39. The third-order valence-electron chi connectivity index (χ3n) is 5.94. The predicted octanol–water partition coefficient (Wildman–Crippen LogP) is 3.63. The number of aromatic nitrogens is 6. The summed E-state index contributed by atoms with van der Waals surface area (Å²) in [4.78, 5) is 28.2. The highest BCUT2D eigenvalue weighted by Gasteiger charge is 2.22. The van der Waals surface area contributed by atoms with Crippen LogP contribution in [0.3, 0.4) is 0 Å². The van der Waals surface area contributed by atoms with Gasteiger partial charge >= 0.3 is 5.69 Å². The van der Waals surface area contributed by atoms with Crippen LogP contribution in [-0.2, 0) is 12.8 Å². The second-order valence-electron chi connectivity index (χ2n) is 8.80. The number of hydrogen-bond acceptors (Lipinski definition) is 7. The van der Waals surface area contributed by atoms with Crippen molar-refractivity contribution in [2.45, 2.75) is 30.7 Å². The average Bonchev–Trinajstić information content (AvgIpc) is 3.40. The van der Waals surface area contributed by atoms with Crippen LogP contribution in [0.15, 0.2) is 63.4 Å². The number of rotatable bonds is 6. The molecule has 0 aliphatic rings. The van der Waals surface area contributed by atoms with E-state index >= 15 is 0 Å². The molecule has 11 heteroatoms. The number of phenols is 2. The summed E-state index contributed by atoms with van der Waals surface area (Å²) in [6.07, 6.45) is 1.97. The van der Waals surface area contributed by atoms with Gasteiger partial charge in [0.25, 0.3) is 5.56 Å². The normalized spacial score (nSPS) is 11.6. The number of hydrogen-bond donors (Lipinski definition) is 4. The van der Waals surface area contributed by atoms with Gasteiger partial charge in [0.1, 0.15) is 11.5 Å². The first-order valence-corrected chi connectivity index (χ1v) is 12.2. The fourth-order valence-electron chi connectivity index (χ4n) is 4.15. The number of aryl methyl sites for hydroxylation is 1. The number of aromatic hydroxyl groups is 2. The molecule has 3 aromatic heterocycles. The fourth-order valence-corrected chi connectivity index (χ4v) is 5.01. The van der Waals surface area contributed by atoms with Crippen molar-refractivity contribution in [2.24, 2.45) is 7.05 Å². The van der Waals surface area contributed by atoms with E-state index < -0.39 is 11.2 Å². The molecule has 0 fully saturated rings. The lowest BCUT2D eigenvalue weighted by atomic mass is 9.98. The van der Waals surface area contributed by atoms with Crippen LogP contribution < -0.4 is 11.2 Å². The van der Waals surface area contributed by atoms with Gasteiger partial charge in [-0.1, -0.05) is 25.6 Å². The van der Waals surface area contributed by atoms with Gasteiger partial charge in [0.2, 0.25) is 0 Å². The Hall–Kier alpha value is -4.25. The maximum absolute atomic E-state index is 11.7. The zero-order valence-electron chi connectivity index (χ0n) is 19.8. The van der Waals surface area contributed by atoms with Crippen LogP contribution in [-0.4, -0.2) is 39.5 Å². The summed E-state index contributed by atoms with van der Waals surface area (Å²) in [6.45, 7) is 3.90. The Morgan fingerprint density at radius 2 is 1.81 bits per heavy atom. The molecule has 5 rings (SSSR count). The van der Waals surface area contributed by atoms with Gasteiger partial charge in [-0.05, 0) is 41.8 Å². The standard InChI is InChI=1S/C25H24N6O4S/c1-13(2)17-10-18(21(33)11-20(17)32)23-28-29-25(36-12-15-9-22(34)27-24(35)26-15)31(23)16-4-5-19-14(8-16)6-7-30(19)3/h4-11,13,32-33H,12H2,1-3H3,(H2,26,27,34,35). The van der Waals surface area contributed by atoms with E-state index in [1.807, 2.05) is 60.5 Å². The Bertz CT molecular complexity index is 1680. The predicted molar refractivity (Wildman–Crippen MR) is 138 cm³/mol. The van der Waals surface area contributed by atoms with E-state index in [2.05, 4.69) is 20.2 Å². The van der Waals surface area contributed by atoms with Crippen LogP contribution in [0.4, 0.5) is 0 Å². The van der Waals surface area contributed by atoms with Gasteiger partial charge in [-0.2, -0.15) is 0 Å². The second-order valence-corrected chi connectivity index (χ2v) is 9.74. The minimum absolute atomic E-state index is 0.0101. The zero-order valence-corrected chi connectivity index (χ0v) is 20.6. The quantitative estimate of drug-likeness (QED) is 0.259. The summed E-state index contributed by atoms with van der Waals surface area (Å²) in [5, 5.41) is 31.4. The van der Waals surface area contributed by atoms with E-state index in [1.165, 1.54) is 23.9 Å². The molecule has 5 aromatic rings. The van der Waals surface area contributed by atoms with Crippen molar-refractivity contribution in [1.29, 1.82) is 0 Å². The molecule has 0 radical (unpaired) electrons. The van der Waals surface area contributed by atoms with Crippen molar-refractivity contribution in [3.05, 3.63) is 80.8 Å². The molecular weight excluding hydrogens is 480 g/mol. The lowest BCUT2D eigenvalue weighted by Gasteiger charge is -2.15. The fraction of sp³-hybridized carbons (Fsp3) is 0.200. The Labute approximate surface area is 209 Å². The lowest BCUT2D eigenvalue weighted by Crippen LogP contribution is -2.22. The van der Waals surface area contributed by atoms with Crippen molar-refractivity contribution < 1.29 is 10.2 Å². The average molecular weight is 505 g/mol. The number of nitrogens with one attached hydrogen (secondary N) is 2. The summed E-state index contributed by atoms with van der Waals surface area (Å²) >= 11 is 1.29. The number of aromatic amines is 2. The number of fused-ring (bicyclic) bond motifs is 1. The number of nitrogens with zero attached hydrogens (tertiary/aromatic N) is 4. The number of phenolic OH excluding ortho intramolecular Hbond substituents is 2. The third kappa shape index (κ3) is 4.29. The molecule has 10 nitrogen and oxygen atoms in total. The number of thioether (sulfide) groups is 1. The first-order chi connectivity index (χ1) is 17.2. The molecule has 0 spiro atoms. The third-order valence-corrected chi connectivity index (χ3v) is 6.92. The Balaban J connectivity index is 1.66. The molecule has 0 unspecified atom stereocenters. The van der Waals surface area contributed by atoms with Crippen molar-refractivity contribution in [2.75, 3.05) is 0 Å². The summed E-state index contributed by atoms with van der Waals surface area (Å²) in [6, 6.07) is 12.3. The summed E-state index contributed by atoms with van der Waals surface area (Å²) < 4.78 is 3.84. The Morgan fingerprint density at radius 1 is 1.00 bits per heavy atom.